The highest BCUT2D eigenvalue weighted by molar-refractivity contribution is 7.89. The van der Waals surface area contributed by atoms with Gasteiger partial charge in [0.2, 0.25) is 10.0 Å². The molecule has 1 aliphatic heterocycles. The summed E-state index contributed by atoms with van der Waals surface area (Å²) >= 11 is 5.99. The van der Waals surface area contributed by atoms with E-state index in [9.17, 15) is 8.42 Å². The van der Waals surface area contributed by atoms with Crippen LogP contribution >= 0.6 is 11.6 Å². The van der Waals surface area contributed by atoms with Crippen molar-refractivity contribution in [3.63, 3.8) is 0 Å². The van der Waals surface area contributed by atoms with Crippen LogP contribution in [0.1, 0.15) is 64.5 Å². The van der Waals surface area contributed by atoms with Gasteiger partial charge < -0.3 is 9.47 Å². The van der Waals surface area contributed by atoms with E-state index >= 15 is 0 Å². The molecule has 2 fully saturated rings. The molecule has 0 bridgehead atoms. The van der Waals surface area contributed by atoms with Gasteiger partial charge in [-0.3, -0.25) is 4.90 Å². The molecule has 4 rings (SSSR count). The topological polar surface area (TPSA) is 67.9 Å². The largest absolute Gasteiger partial charge is 0.497 e. The molecule has 38 heavy (non-hydrogen) atoms. The molecule has 1 heterocycles. The van der Waals surface area contributed by atoms with Crippen LogP contribution in [-0.2, 0) is 26.6 Å². The number of halogens is 1. The summed E-state index contributed by atoms with van der Waals surface area (Å²) in [6.45, 7) is 11.7. The molecule has 1 saturated carbocycles. The van der Waals surface area contributed by atoms with Crippen molar-refractivity contribution in [2.45, 2.75) is 81.8 Å². The molecule has 1 aliphatic carbocycles. The number of sulfonamides is 1. The maximum absolute atomic E-state index is 13.2. The fourth-order valence-corrected chi connectivity index (χ4v) is 7.56. The highest BCUT2D eigenvalue weighted by atomic mass is 35.5. The first-order valence-corrected chi connectivity index (χ1v) is 15.8. The molecule has 2 aromatic rings. The predicted octanol–water partition coefficient (Wildman–Crippen LogP) is 5.82. The Morgan fingerprint density at radius 3 is 2.45 bits per heavy atom. The molecule has 0 amide bonds. The van der Waals surface area contributed by atoms with Gasteiger partial charge >= 0.3 is 0 Å². The number of piperidine rings is 1. The Balaban J connectivity index is 1.74. The second-order valence-corrected chi connectivity index (χ2v) is 13.2. The quantitative estimate of drug-likeness (QED) is 0.353. The monoisotopic (exact) mass is 562 g/mol. The molecule has 1 saturated heterocycles. The van der Waals surface area contributed by atoms with E-state index < -0.39 is 21.0 Å². The maximum atomic E-state index is 13.2. The number of rotatable bonds is 12. The lowest BCUT2D eigenvalue weighted by atomic mass is 9.58. The van der Waals surface area contributed by atoms with Crippen molar-refractivity contribution in [3.05, 3.63) is 58.6 Å². The number of aryl methyl sites for hydroxylation is 1. The van der Waals surface area contributed by atoms with Gasteiger partial charge in [-0.25, -0.2) is 13.1 Å². The summed E-state index contributed by atoms with van der Waals surface area (Å²) in [6, 6.07) is 12.8. The molecular formula is C30H43ClN2O4S. The van der Waals surface area contributed by atoms with Gasteiger partial charge in [-0.05, 0) is 113 Å². The van der Waals surface area contributed by atoms with Crippen LogP contribution in [-0.4, -0.2) is 58.3 Å². The highest BCUT2D eigenvalue weighted by Gasteiger charge is 2.58. The Morgan fingerprint density at radius 1 is 1.13 bits per heavy atom. The van der Waals surface area contributed by atoms with Crippen molar-refractivity contribution >= 4 is 21.6 Å². The van der Waals surface area contributed by atoms with Gasteiger partial charge in [0, 0.05) is 36.2 Å². The number of nitrogens with one attached hydrogen (secondary N) is 1. The van der Waals surface area contributed by atoms with Gasteiger partial charge in [0.05, 0.1) is 17.6 Å². The van der Waals surface area contributed by atoms with E-state index in [2.05, 4.69) is 49.4 Å². The first kappa shape index (κ1) is 29.3. The number of hydrogen-bond acceptors (Lipinski definition) is 5. The van der Waals surface area contributed by atoms with Crippen LogP contribution in [0.4, 0.5) is 0 Å². The maximum Gasteiger partial charge on any atom is 0.240 e. The predicted molar refractivity (Wildman–Crippen MR) is 154 cm³/mol. The zero-order valence-corrected chi connectivity index (χ0v) is 25.0. The number of benzene rings is 2. The molecule has 3 unspecified atom stereocenters. The fraction of sp³-hybridized carbons (Fsp3) is 0.600. The Labute approximate surface area is 234 Å². The Kier molecular flexibility index (Phi) is 9.15. The van der Waals surface area contributed by atoms with Crippen LogP contribution in [0.15, 0.2) is 47.4 Å². The SMILES string of the molecule is CCOC1(C)C(C)N(CC2CC2)CCC1(CCNS(=O)(=O)c1ccc(Cl)cc1)c1cc(OC)ccc1CC. The number of nitrogens with zero attached hydrogens (tertiary/aromatic N) is 1. The van der Waals surface area contributed by atoms with E-state index in [-0.39, 0.29) is 10.9 Å². The molecule has 210 valence electrons. The average molecular weight is 563 g/mol. The molecule has 2 aromatic carbocycles. The number of likely N-dealkylation sites (tertiary alicyclic amines) is 1. The van der Waals surface area contributed by atoms with Crippen molar-refractivity contribution < 1.29 is 17.9 Å². The number of ether oxygens (including phenoxy) is 2. The summed E-state index contributed by atoms with van der Waals surface area (Å²) in [4.78, 5) is 2.81. The van der Waals surface area contributed by atoms with Crippen LogP contribution in [0.2, 0.25) is 5.02 Å². The van der Waals surface area contributed by atoms with Gasteiger partial charge in [-0.1, -0.05) is 24.6 Å². The van der Waals surface area contributed by atoms with Crippen LogP contribution in [0, 0.1) is 5.92 Å². The summed E-state index contributed by atoms with van der Waals surface area (Å²) in [5, 5.41) is 0.507. The van der Waals surface area contributed by atoms with Crippen molar-refractivity contribution in [3.8, 4) is 5.75 Å². The lowest BCUT2D eigenvalue weighted by Gasteiger charge is -2.59. The fourth-order valence-electron chi connectivity index (χ4n) is 6.41. The van der Waals surface area contributed by atoms with Crippen LogP contribution in [0.3, 0.4) is 0 Å². The van der Waals surface area contributed by atoms with Crippen molar-refractivity contribution in [2.24, 2.45) is 5.92 Å². The first-order valence-electron chi connectivity index (χ1n) is 13.9. The minimum absolute atomic E-state index is 0.167. The summed E-state index contributed by atoms with van der Waals surface area (Å²) in [6.07, 6.45) is 4.98. The Morgan fingerprint density at radius 2 is 1.84 bits per heavy atom. The molecule has 8 heteroatoms. The van der Waals surface area contributed by atoms with E-state index in [0.717, 1.165) is 37.6 Å². The molecule has 0 spiro atoms. The molecule has 6 nitrogen and oxygen atoms in total. The number of methoxy groups -OCH3 is 1. The van der Waals surface area contributed by atoms with E-state index in [1.807, 2.05) is 6.07 Å². The molecule has 0 radical (unpaired) electrons. The molecule has 1 N–H and O–H groups in total. The van der Waals surface area contributed by atoms with Crippen molar-refractivity contribution in [1.82, 2.24) is 9.62 Å². The lowest BCUT2D eigenvalue weighted by Crippen LogP contribution is -2.68. The van der Waals surface area contributed by atoms with Gasteiger partial charge in [0.15, 0.2) is 0 Å². The summed E-state index contributed by atoms with van der Waals surface area (Å²) in [5.74, 6) is 1.59. The Hall–Kier alpha value is -1.64. The second kappa shape index (κ2) is 11.8. The number of hydrogen-bond donors (Lipinski definition) is 1. The average Bonchev–Trinajstić information content (AvgIpc) is 3.72. The van der Waals surface area contributed by atoms with Gasteiger partial charge in [-0.2, -0.15) is 0 Å². The summed E-state index contributed by atoms with van der Waals surface area (Å²) in [7, 11) is -1.99. The highest BCUT2D eigenvalue weighted by Crippen LogP contribution is 2.52. The second-order valence-electron chi connectivity index (χ2n) is 11.0. The lowest BCUT2D eigenvalue weighted by molar-refractivity contribution is -0.161. The normalized spacial score (nSPS) is 26.4. The molecule has 2 aliphatic rings. The van der Waals surface area contributed by atoms with E-state index in [1.165, 1.54) is 24.0 Å². The minimum Gasteiger partial charge on any atom is -0.497 e. The smallest absolute Gasteiger partial charge is 0.240 e. The first-order chi connectivity index (χ1) is 18.1. The van der Waals surface area contributed by atoms with Crippen LogP contribution in [0.5, 0.6) is 5.75 Å². The molecule has 3 atom stereocenters. The third-order valence-corrected chi connectivity index (χ3v) is 10.7. The van der Waals surface area contributed by atoms with E-state index in [1.54, 1.807) is 31.4 Å². The Bertz CT molecular complexity index is 1200. The summed E-state index contributed by atoms with van der Waals surface area (Å²) in [5.41, 5.74) is 1.51. The zero-order chi connectivity index (χ0) is 27.6. The van der Waals surface area contributed by atoms with Crippen LogP contribution < -0.4 is 9.46 Å². The molecule has 0 aromatic heterocycles. The molecular weight excluding hydrogens is 520 g/mol. The standard InChI is InChI=1S/C30H43ClN2O4S/c1-6-24-10-13-26(36-5)20-28(24)30(16-18-32-38(34,35)27-14-11-25(31)12-15-27)17-19-33(21-23-8-9-23)22(3)29(30,4)37-7-2/h10-15,20,22-23,32H,6-9,16-19,21H2,1-5H3. The van der Waals surface area contributed by atoms with Crippen molar-refractivity contribution in [1.29, 1.82) is 0 Å². The van der Waals surface area contributed by atoms with Crippen molar-refractivity contribution in [2.75, 3.05) is 33.4 Å². The third-order valence-electron chi connectivity index (χ3n) is 8.94. The van der Waals surface area contributed by atoms with Crippen LogP contribution in [0.25, 0.3) is 0 Å². The van der Waals surface area contributed by atoms with Gasteiger partial charge in [-0.15, -0.1) is 0 Å². The minimum atomic E-state index is -3.68. The van der Waals surface area contributed by atoms with E-state index in [0.29, 0.717) is 24.6 Å². The zero-order valence-electron chi connectivity index (χ0n) is 23.4. The third kappa shape index (κ3) is 5.78. The van der Waals surface area contributed by atoms with E-state index in [4.69, 9.17) is 21.1 Å². The van der Waals surface area contributed by atoms with Gasteiger partial charge in [0.1, 0.15) is 5.75 Å². The summed E-state index contributed by atoms with van der Waals surface area (Å²) < 4.78 is 41.7. The van der Waals surface area contributed by atoms with Gasteiger partial charge in [0.25, 0.3) is 0 Å².